The molecule has 2 aromatic rings. The van der Waals surface area contributed by atoms with Crippen LogP contribution in [-0.4, -0.2) is 59.9 Å². The minimum absolute atomic E-state index is 0.0358. The first-order valence-electron chi connectivity index (χ1n) is 10.5. The van der Waals surface area contributed by atoms with E-state index in [4.69, 9.17) is 0 Å². The Labute approximate surface area is 179 Å². The number of anilines is 1. The van der Waals surface area contributed by atoms with E-state index in [1.165, 1.54) is 0 Å². The first-order valence-corrected chi connectivity index (χ1v) is 10.5. The molecule has 1 heterocycles. The lowest BCUT2D eigenvalue weighted by molar-refractivity contribution is -0.126. The summed E-state index contributed by atoms with van der Waals surface area (Å²) in [5.74, 6) is 0.00343. The number of nitrogens with zero attached hydrogens (tertiary/aromatic N) is 2. The average Bonchev–Trinajstić information content (AvgIpc) is 2.70. The van der Waals surface area contributed by atoms with E-state index in [0.717, 1.165) is 37.4 Å². The highest BCUT2D eigenvalue weighted by Crippen LogP contribution is 2.24. The lowest BCUT2D eigenvalue weighted by atomic mass is 10.0. The summed E-state index contributed by atoms with van der Waals surface area (Å²) in [5, 5.41) is 6.06. The molecule has 1 aliphatic heterocycles. The van der Waals surface area contributed by atoms with Crippen LogP contribution in [-0.2, 0) is 9.59 Å². The Morgan fingerprint density at radius 1 is 0.900 bits per heavy atom. The summed E-state index contributed by atoms with van der Waals surface area (Å²) in [6.07, 6.45) is 0. The summed E-state index contributed by atoms with van der Waals surface area (Å²) >= 11 is 0. The fourth-order valence-electron chi connectivity index (χ4n) is 3.74. The number of hydrogen-bond donors (Lipinski definition) is 2. The van der Waals surface area contributed by atoms with Crippen LogP contribution < -0.4 is 10.6 Å². The maximum Gasteiger partial charge on any atom is 0.246 e. The van der Waals surface area contributed by atoms with Gasteiger partial charge < -0.3 is 10.6 Å². The number of para-hydroxylation sites is 1. The van der Waals surface area contributed by atoms with E-state index in [0.29, 0.717) is 6.54 Å². The molecule has 0 aliphatic carbocycles. The van der Waals surface area contributed by atoms with Crippen LogP contribution in [0.3, 0.4) is 0 Å². The van der Waals surface area contributed by atoms with Crippen molar-refractivity contribution in [1.29, 1.82) is 0 Å². The number of nitrogens with one attached hydrogen (secondary N) is 2. The zero-order valence-electron chi connectivity index (χ0n) is 18.1. The van der Waals surface area contributed by atoms with E-state index >= 15 is 0 Å². The molecule has 1 aliphatic rings. The number of hydrogen-bond acceptors (Lipinski definition) is 4. The predicted octanol–water partition coefficient (Wildman–Crippen LogP) is 2.90. The van der Waals surface area contributed by atoms with Crippen molar-refractivity contribution in [1.82, 2.24) is 15.1 Å². The Balaban J connectivity index is 1.65. The van der Waals surface area contributed by atoms with Gasteiger partial charge in [-0.15, -0.1) is 0 Å². The van der Waals surface area contributed by atoms with Gasteiger partial charge in [0.25, 0.3) is 0 Å². The molecule has 1 saturated heterocycles. The smallest absolute Gasteiger partial charge is 0.246 e. The third kappa shape index (κ3) is 6.40. The lowest BCUT2D eigenvalue weighted by Gasteiger charge is -2.38. The first kappa shape index (κ1) is 22.0. The third-order valence-corrected chi connectivity index (χ3v) is 5.06. The highest BCUT2D eigenvalue weighted by atomic mass is 16.2. The summed E-state index contributed by atoms with van der Waals surface area (Å²) in [4.78, 5) is 29.8. The highest BCUT2D eigenvalue weighted by Gasteiger charge is 2.31. The van der Waals surface area contributed by atoms with Crippen molar-refractivity contribution in [3.63, 3.8) is 0 Å². The summed E-state index contributed by atoms with van der Waals surface area (Å²) in [5.41, 5.74) is 1.54. The van der Waals surface area contributed by atoms with Crippen molar-refractivity contribution in [2.24, 2.45) is 0 Å². The van der Waals surface area contributed by atoms with Crippen LogP contribution in [0.4, 0.5) is 5.69 Å². The molecule has 2 N–H and O–H groups in total. The summed E-state index contributed by atoms with van der Waals surface area (Å²) in [6, 6.07) is 19.1. The molecule has 0 spiro atoms. The van der Waals surface area contributed by atoms with Gasteiger partial charge in [-0.2, -0.15) is 0 Å². The highest BCUT2D eigenvalue weighted by molar-refractivity contribution is 5.95. The summed E-state index contributed by atoms with van der Waals surface area (Å²) in [6.45, 7) is 9.29. The van der Waals surface area contributed by atoms with Crippen LogP contribution in [0.1, 0.15) is 32.4 Å². The van der Waals surface area contributed by atoms with Crippen LogP contribution in [0, 0.1) is 0 Å². The number of carbonyl (C=O) groups is 2. The van der Waals surface area contributed by atoms with Gasteiger partial charge in [0.15, 0.2) is 0 Å². The van der Waals surface area contributed by atoms with Crippen LogP contribution in [0.2, 0.25) is 0 Å². The van der Waals surface area contributed by atoms with Crippen molar-refractivity contribution in [2.75, 3.05) is 38.0 Å². The normalized spacial score (nSPS) is 16.6. The SMILES string of the molecule is CC(C)(C)NC(=O)CN1CCN(C(C(=O)Nc2ccccc2)c2ccccc2)CC1. The molecule has 2 aromatic carbocycles. The van der Waals surface area contributed by atoms with Crippen LogP contribution >= 0.6 is 0 Å². The maximum atomic E-state index is 13.2. The van der Waals surface area contributed by atoms with E-state index in [1.807, 2.05) is 81.4 Å². The Kier molecular flexibility index (Phi) is 7.24. The standard InChI is InChI=1S/C24H32N4O2/c1-24(2,3)26-21(29)18-27-14-16-28(17-15-27)22(19-10-6-4-7-11-19)23(30)25-20-12-8-5-9-13-20/h4-13,22H,14-18H2,1-3H3,(H,25,30)(H,26,29). The number of amides is 2. The molecule has 0 radical (unpaired) electrons. The minimum atomic E-state index is -0.364. The largest absolute Gasteiger partial charge is 0.350 e. The second-order valence-corrected chi connectivity index (χ2v) is 8.78. The molecule has 1 atom stereocenters. The second-order valence-electron chi connectivity index (χ2n) is 8.78. The van der Waals surface area contributed by atoms with Gasteiger partial charge in [0.1, 0.15) is 6.04 Å². The number of benzene rings is 2. The molecule has 2 amide bonds. The van der Waals surface area contributed by atoms with Gasteiger partial charge >= 0.3 is 0 Å². The Hall–Kier alpha value is -2.70. The van der Waals surface area contributed by atoms with Gasteiger partial charge in [-0.1, -0.05) is 48.5 Å². The summed E-state index contributed by atoms with van der Waals surface area (Å²) < 4.78 is 0. The molecule has 1 unspecified atom stereocenters. The fraction of sp³-hybridized carbons (Fsp3) is 0.417. The van der Waals surface area contributed by atoms with Crippen LogP contribution in [0.15, 0.2) is 60.7 Å². The molecule has 160 valence electrons. The van der Waals surface area contributed by atoms with E-state index in [2.05, 4.69) is 20.4 Å². The van der Waals surface area contributed by atoms with Gasteiger partial charge in [0.05, 0.1) is 6.54 Å². The van der Waals surface area contributed by atoms with Crippen molar-refractivity contribution < 1.29 is 9.59 Å². The van der Waals surface area contributed by atoms with Crippen LogP contribution in [0.25, 0.3) is 0 Å². The van der Waals surface area contributed by atoms with Crippen molar-refractivity contribution >= 4 is 17.5 Å². The average molecular weight is 409 g/mol. The van der Waals surface area contributed by atoms with E-state index in [9.17, 15) is 9.59 Å². The Morgan fingerprint density at radius 3 is 2.03 bits per heavy atom. The van der Waals surface area contributed by atoms with E-state index in [1.54, 1.807) is 0 Å². The number of carbonyl (C=O) groups excluding carboxylic acids is 2. The fourth-order valence-corrected chi connectivity index (χ4v) is 3.74. The second kappa shape index (κ2) is 9.87. The number of rotatable bonds is 6. The van der Waals surface area contributed by atoms with Crippen molar-refractivity contribution in [2.45, 2.75) is 32.4 Å². The zero-order chi connectivity index (χ0) is 21.6. The van der Waals surface area contributed by atoms with E-state index in [-0.39, 0.29) is 23.4 Å². The predicted molar refractivity (Wildman–Crippen MR) is 120 cm³/mol. The molecule has 0 bridgehead atoms. The number of piperazine rings is 1. The first-order chi connectivity index (χ1) is 14.3. The molecular formula is C24H32N4O2. The molecule has 0 aromatic heterocycles. The van der Waals surface area contributed by atoms with Gasteiger partial charge in [-0.05, 0) is 38.5 Å². The molecule has 30 heavy (non-hydrogen) atoms. The Bertz CT molecular complexity index is 825. The molecule has 1 fully saturated rings. The molecular weight excluding hydrogens is 376 g/mol. The van der Waals surface area contributed by atoms with Gasteiger partial charge in [-0.25, -0.2) is 0 Å². The molecule has 0 saturated carbocycles. The summed E-state index contributed by atoms with van der Waals surface area (Å²) in [7, 11) is 0. The van der Waals surface area contributed by atoms with Gasteiger partial charge in [0, 0.05) is 37.4 Å². The van der Waals surface area contributed by atoms with Crippen molar-refractivity contribution in [3.05, 3.63) is 66.2 Å². The van der Waals surface area contributed by atoms with Crippen LogP contribution in [0.5, 0.6) is 0 Å². The Morgan fingerprint density at radius 2 is 1.47 bits per heavy atom. The topological polar surface area (TPSA) is 64.7 Å². The van der Waals surface area contributed by atoms with E-state index < -0.39 is 0 Å². The lowest BCUT2D eigenvalue weighted by Crippen LogP contribution is -2.53. The third-order valence-electron chi connectivity index (χ3n) is 5.06. The minimum Gasteiger partial charge on any atom is -0.350 e. The quantitative estimate of drug-likeness (QED) is 0.772. The molecule has 3 rings (SSSR count). The van der Waals surface area contributed by atoms with Gasteiger partial charge in [-0.3, -0.25) is 19.4 Å². The zero-order valence-corrected chi connectivity index (χ0v) is 18.1. The van der Waals surface area contributed by atoms with Crippen molar-refractivity contribution in [3.8, 4) is 0 Å². The molecule has 6 heteroatoms. The molecule has 6 nitrogen and oxygen atoms in total. The monoisotopic (exact) mass is 408 g/mol. The maximum absolute atomic E-state index is 13.2. The van der Waals surface area contributed by atoms with Gasteiger partial charge in [0.2, 0.25) is 11.8 Å².